The van der Waals surface area contributed by atoms with Crippen LogP contribution < -0.4 is 5.32 Å². The summed E-state index contributed by atoms with van der Waals surface area (Å²) in [5.74, 6) is -0.0578. The molecule has 2 rings (SSSR count). The van der Waals surface area contributed by atoms with Crippen LogP contribution in [-0.2, 0) is 9.47 Å². The monoisotopic (exact) mass is 295 g/mol. The number of nitrogens with one attached hydrogen (secondary N) is 1. The van der Waals surface area contributed by atoms with Crippen molar-refractivity contribution >= 4 is 17.2 Å². The molecule has 1 N–H and O–H groups in total. The average molecular weight is 295 g/mol. The topological polar surface area (TPSA) is 47.6 Å². The van der Waals surface area contributed by atoms with Gasteiger partial charge in [0.15, 0.2) is 0 Å². The molecule has 1 aromatic rings. The van der Waals surface area contributed by atoms with Crippen molar-refractivity contribution in [2.45, 2.75) is 32.4 Å². The molecule has 0 aliphatic carbocycles. The summed E-state index contributed by atoms with van der Waals surface area (Å²) >= 11 is 1.52. The van der Waals surface area contributed by atoms with Gasteiger partial charge in [0.25, 0.3) is 5.91 Å². The molecule has 1 amide bonds. The zero-order chi connectivity index (χ0) is 14.4. The lowest BCUT2D eigenvalue weighted by atomic mass is 10.1. The quantitative estimate of drug-likeness (QED) is 0.850. The number of allylic oxidation sites excluding steroid dienone is 1. The number of carbonyl (C=O) groups excluding carboxylic acids is 1. The fourth-order valence-corrected chi connectivity index (χ4v) is 2.67. The van der Waals surface area contributed by atoms with Gasteiger partial charge < -0.3 is 14.8 Å². The van der Waals surface area contributed by atoms with Crippen molar-refractivity contribution in [3.8, 4) is 0 Å². The van der Waals surface area contributed by atoms with Crippen molar-refractivity contribution in [3.05, 3.63) is 34.0 Å². The van der Waals surface area contributed by atoms with E-state index in [1.807, 2.05) is 36.7 Å². The molecule has 1 saturated heterocycles. The number of ether oxygens (including phenoxy) is 2. The third kappa shape index (κ3) is 4.44. The average Bonchev–Trinajstić information content (AvgIpc) is 2.94. The Bertz CT molecular complexity index is 452. The van der Waals surface area contributed by atoms with Gasteiger partial charge in [0.1, 0.15) is 0 Å². The highest BCUT2D eigenvalue weighted by Gasteiger charge is 2.28. The van der Waals surface area contributed by atoms with E-state index in [-0.39, 0.29) is 18.1 Å². The van der Waals surface area contributed by atoms with E-state index in [4.69, 9.17) is 9.47 Å². The fraction of sp³-hybridized carbons (Fsp3) is 0.533. The van der Waals surface area contributed by atoms with E-state index in [0.29, 0.717) is 25.4 Å². The molecule has 0 bridgehead atoms. The van der Waals surface area contributed by atoms with E-state index < -0.39 is 0 Å². The first kappa shape index (κ1) is 15.2. The van der Waals surface area contributed by atoms with Gasteiger partial charge in [-0.05, 0) is 31.7 Å². The molecular formula is C15H21NO3S. The minimum absolute atomic E-state index is 0.0157. The summed E-state index contributed by atoms with van der Waals surface area (Å²) in [6.07, 6.45) is 2.88. The molecule has 5 heteroatoms. The molecule has 1 fully saturated rings. The van der Waals surface area contributed by atoms with Gasteiger partial charge in [-0.15, -0.1) is 0 Å². The van der Waals surface area contributed by atoms with Crippen molar-refractivity contribution in [2.24, 2.45) is 0 Å². The highest BCUT2D eigenvalue weighted by molar-refractivity contribution is 7.08. The summed E-state index contributed by atoms with van der Waals surface area (Å²) in [7, 11) is 0. The number of hydrogen-bond acceptors (Lipinski definition) is 4. The lowest BCUT2D eigenvalue weighted by Crippen LogP contribution is -2.50. The van der Waals surface area contributed by atoms with Gasteiger partial charge in [0, 0.05) is 17.6 Å². The summed E-state index contributed by atoms with van der Waals surface area (Å²) < 4.78 is 11.3. The predicted octanol–water partition coefficient (Wildman–Crippen LogP) is 2.62. The normalized spacial score (nSPS) is 22.3. The molecule has 110 valence electrons. The third-order valence-corrected chi connectivity index (χ3v) is 3.88. The Morgan fingerprint density at radius 1 is 1.60 bits per heavy atom. The van der Waals surface area contributed by atoms with E-state index in [9.17, 15) is 4.79 Å². The first-order valence-corrected chi connectivity index (χ1v) is 7.77. The second-order valence-corrected chi connectivity index (χ2v) is 5.89. The van der Waals surface area contributed by atoms with Gasteiger partial charge in [-0.3, -0.25) is 4.79 Å². The van der Waals surface area contributed by atoms with Crippen molar-refractivity contribution in [3.63, 3.8) is 0 Å². The summed E-state index contributed by atoms with van der Waals surface area (Å²) in [5, 5.41) is 6.75. The van der Waals surface area contributed by atoms with Gasteiger partial charge in [-0.1, -0.05) is 11.6 Å². The minimum Gasteiger partial charge on any atom is -0.379 e. The van der Waals surface area contributed by atoms with Crippen molar-refractivity contribution in [1.29, 1.82) is 0 Å². The molecule has 1 aliphatic heterocycles. The first-order chi connectivity index (χ1) is 9.66. The van der Waals surface area contributed by atoms with Crippen LogP contribution in [0.5, 0.6) is 0 Å². The summed E-state index contributed by atoms with van der Waals surface area (Å²) in [6.45, 7) is 5.86. The van der Waals surface area contributed by atoms with E-state index in [2.05, 4.69) is 5.32 Å². The maximum atomic E-state index is 12.1. The summed E-state index contributed by atoms with van der Waals surface area (Å²) in [4.78, 5) is 12.1. The fourth-order valence-electron chi connectivity index (χ4n) is 2.04. The van der Waals surface area contributed by atoms with Crippen LogP contribution >= 0.6 is 11.3 Å². The lowest BCUT2D eigenvalue weighted by Gasteiger charge is -2.31. The Morgan fingerprint density at radius 2 is 2.45 bits per heavy atom. The van der Waals surface area contributed by atoms with E-state index in [1.54, 1.807) is 0 Å². The number of carbonyl (C=O) groups is 1. The Balaban J connectivity index is 1.89. The molecule has 0 radical (unpaired) electrons. The maximum Gasteiger partial charge on any atom is 0.252 e. The molecular weight excluding hydrogens is 274 g/mol. The van der Waals surface area contributed by atoms with Gasteiger partial charge in [0.05, 0.1) is 25.4 Å². The minimum atomic E-state index is -0.0817. The van der Waals surface area contributed by atoms with Crippen LogP contribution in [0.3, 0.4) is 0 Å². The van der Waals surface area contributed by atoms with Gasteiger partial charge >= 0.3 is 0 Å². The number of rotatable bonds is 5. The van der Waals surface area contributed by atoms with Gasteiger partial charge in [-0.25, -0.2) is 0 Å². The van der Waals surface area contributed by atoms with Crippen LogP contribution in [-0.4, -0.2) is 37.9 Å². The third-order valence-electron chi connectivity index (χ3n) is 3.19. The predicted molar refractivity (Wildman–Crippen MR) is 80.2 cm³/mol. The largest absolute Gasteiger partial charge is 0.379 e. The van der Waals surface area contributed by atoms with Crippen LogP contribution in [0.4, 0.5) is 0 Å². The van der Waals surface area contributed by atoms with E-state index >= 15 is 0 Å². The molecule has 0 spiro atoms. The Morgan fingerprint density at radius 3 is 3.15 bits per heavy atom. The smallest absolute Gasteiger partial charge is 0.252 e. The SMILES string of the molecule is CC(C)=CCO[C@@H]1CCOC[C@@H]1NC(=O)c1ccsc1. The second-order valence-electron chi connectivity index (χ2n) is 5.11. The Labute approximate surface area is 123 Å². The first-order valence-electron chi connectivity index (χ1n) is 6.82. The molecule has 2 heterocycles. The molecule has 2 atom stereocenters. The maximum absolute atomic E-state index is 12.1. The van der Waals surface area contributed by atoms with E-state index in [0.717, 1.165) is 6.42 Å². The zero-order valence-corrected chi connectivity index (χ0v) is 12.7. The van der Waals surface area contributed by atoms with Gasteiger partial charge in [0.2, 0.25) is 0 Å². The molecule has 1 aromatic heterocycles. The Hall–Kier alpha value is -1.17. The van der Waals surface area contributed by atoms with Crippen molar-refractivity contribution < 1.29 is 14.3 Å². The standard InChI is InChI=1S/C15H21NO3S/c1-11(2)3-7-19-14-4-6-18-9-13(14)16-15(17)12-5-8-20-10-12/h3,5,8,10,13-14H,4,6-7,9H2,1-2H3,(H,16,17)/t13-,14+/m0/s1. The van der Waals surface area contributed by atoms with Gasteiger partial charge in [-0.2, -0.15) is 11.3 Å². The second kappa shape index (κ2) is 7.57. The van der Waals surface area contributed by atoms with Crippen LogP contribution in [0.15, 0.2) is 28.5 Å². The molecule has 0 unspecified atom stereocenters. The molecule has 4 nitrogen and oxygen atoms in total. The molecule has 0 saturated carbocycles. The number of thiophene rings is 1. The van der Waals surface area contributed by atoms with Crippen LogP contribution in [0, 0.1) is 0 Å². The summed E-state index contributed by atoms with van der Waals surface area (Å²) in [6, 6.07) is 1.74. The Kier molecular flexibility index (Phi) is 5.76. The molecule has 20 heavy (non-hydrogen) atoms. The number of hydrogen-bond donors (Lipinski definition) is 1. The van der Waals surface area contributed by atoms with Crippen LogP contribution in [0.25, 0.3) is 0 Å². The lowest BCUT2D eigenvalue weighted by molar-refractivity contribution is -0.0457. The summed E-state index contributed by atoms with van der Waals surface area (Å²) in [5.41, 5.74) is 1.93. The van der Waals surface area contributed by atoms with Crippen LogP contribution in [0.1, 0.15) is 30.6 Å². The van der Waals surface area contributed by atoms with Crippen molar-refractivity contribution in [2.75, 3.05) is 19.8 Å². The van der Waals surface area contributed by atoms with Crippen LogP contribution in [0.2, 0.25) is 0 Å². The molecule has 1 aliphatic rings. The highest BCUT2D eigenvalue weighted by Crippen LogP contribution is 2.14. The highest BCUT2D eigenvalue weighted by atomic mass is 32.1. The zero-order valence-electron chi connectivity index (χ0n) is 11.9. The van der Waals surface area contributed by atoms with Crippen molar-refractivity contribution in [1.82, 2.24) is 5.32 Å². The van der Waals surface area contributed by atoms with E-state index in [1.165, 1.54) is 16.9 Å². The molecule has 0 aromatic carbocycles. The number of amides is 1.